The van der Waals surface area contributed by atoms with Gasteiger partial charge in [-0.1, -0.05) is 24.3 Å². The summed E-state index contributed by atoms with van der Waals surface area (Å²) in [6.07, 6.45) is 0. The number of nitrogens with one attached hydrogen (secondary N) is 2. The maximum atomic E-state index is 12.4. The molecule has 1 amide bonds. The molecule has 5 nitrogen and oxygen atoms in total. The lowest BCUT2D eigenvalue weighted by atomic mass is 10.2. The second-order valence-corrected chi connectivity index (χ2v) is 4.72. The summed E-state index contributed by atoms with van der Waals surface area (Å²) in [5, 5.41) is 12.7. The van der Waals surface area contributed by atoms with Crippen molar-refractivity contribution in [1.82, 2.24) is 4.98 Å². The van der Waals surface area contributed by atoms with E-state index >= 15 is 0 Å². The number of nitrogens with zero attached hydrogens (tertiary/aromatic N) is 1. The van der Waals surface area contributed by atoms with Crippen molar-refractivity contribution < 1.29 is 9.53 Å². The van der Waals surface area contributed by atoms with Gasteiger partial charge in [-0.3, -0.25) is 4.79 Å². The van der Waals surface area contributed by atoms with Gasteiger partial charge in [0.2, 0.25) is 0 Å². The number of carbonyl (C=O) groups excluding carboxylic acids is 1. The Morgan fingerprint density at radius 3 is 2.82 bits per heavy atom. The van der Waals surface area contributed by atoms with Gasteiger partial charge in [0.05, 0.1) is 23.9 Å². The van der Waals surface area contributed by atoms with Crippen LogP contribution in [0.2, 0.25) is 0 Å². The number of aromatic nitrogens is 1. The first-order valence-corrected chi connectivity index (χ1v) is 6.69. The van der Waals surface area contributed by atoms with Gasteiger partial charge in [-0.25, -0.2) is 0 Å². The first-order chi connectivity index (χ1) is 10.7. The molecule has 0 aliphatic carbocycles. The molecule has 0 fully saturated rings. The van der Waals surface area contributed by atoms with E-state index in [4.69, 9.17) is 10.00 Å². The highest BCUT2D eigenvalue weighted by atomic mass is 16.5. The molecule has 1 aromatic heterocycles. The van der Waals surface area contributed by atoms with Gasteiger partial charge in [-0.2, -0.15) is 5.26 Å². The number of rotatable bonds is 3. The molecule has 0 aliphatic rings. The third kappa shape index (κ3) is 2.38. The minimum absolute atomic E-state index is 0.305. The number of carbonyl (C=O) groups is 1. The molecule has 1 heterocycles. The van der Waals surface area contributed by atoms with Crippen molar-refractivity contribution in [3.8, 4) is 11.8 Å². The molecular weight excluding hydrogens is 278 g/mol. The van der Waals surface area contributed by atoms with Gasteiger partial charge >= 0.3 is 0 Å². The van der Waals surface area contributed by atoms with Crippen molar-refractivity contribution in [2.45, 2.75) is 0 Å². The quantitative estimate of drug-likeness (QED) is 0.777. The lowest BCUT2D eigenvalue weighted by Crippen LogP contribution is -2.13. The van der Waals surface area contributed by atoms with Gasteiger partial charge < -0.3 is 15.0 Å². The van der Waals surface area contributed by atoms with Crippen molar-refractivity contribution in [1.29, 1.82) is 5.26 Å². The van der Waals surface area contributed by atoms with Crippen molar-refractivity contribution in [3.63, 3.8) is 0 Å². The molecule has 0 bridgehead atoms. The minimum atomic E-state index is -0.305. The Morgan fingerprint density at radius 2 is 2.05 bits per heavy atom. The van der Waals surface area contributed by atoms with Crippen LogP contribution in [0.25, 0.3) is 10.9 Å². The number of H-pyrrole nitrogens is 1. The number of methoxy groups -OCH3 is 1. The van der Waals surface area contributed by atoms with E-state index in [1.165, 1.54) is 0 Å². The smallest absolute Gasteiger partial charge is 0.272 e. The molecule has 108 valence electrons. The van der Waals surface area contributed by atoms with Crippen LogP contribution in [-0.2, 0) is 0 Å². The monoisotopic (exact) mass is 291 g/mol. The number of aromatic amines is 1. The van der Waals surface area contributed by atoms with Crippen LogP contribution < -0.4 is 10.1 Å². The molecular formula is C17H13N3O2. The lowest BCUT2D eigenvalue weighted by Gasteiger charge is -2.05. The number of ether oxygens (including phenoxy) is 1. The molecule has 2 N–H and O–H groups in total. The molecule has 0 radical (unpaired) electrons. The topological polar surface area (TPSA) is 77.9 Å². The van der Waals surface area contributed by atoms with E-state index in [0.717, 1.165) is 10.9 Å². The highest BCUT2D eigenvalue weighted by Crippen LogP contribution is 2.25. The van der Waals surface area contributed by atoms with Crippen molar-refractivity contribution in [2.75, 3.05) is 12.4 Å². The molecule has 0 aliphatic heterocycles. The van der Waals surface area contributed by atoms with Crippen LogP contribution in [0.15, 0.2) is 48.5 Å². The highest BCUT2D eigenvalue weighted by molar-refractivity contribution is 6.07. The maximum absolute atomic E-state index is 12.4. The Kier molecular flexibility index (Phi) is 3.50. The average Bonchev–Trinajstić information content (AvgIpc) is 2.99. The van der Waals surface area contributed by atoms with Crippen LogP contribution in [0.3, 0.4) is 0 Å². The average molecular weight is 291 g/mol. The van der Waals surface area contributed by atoms with Crippen LogP contribution in [0.4, 0.5) is 5.69 Å². The Morgan fingerprint density at radius 1 is 1.23 bits per heavy atom. The number of anilines is 1. The van der Waals surface area contributed by atoms with Crippen molar-refractivity contribution in [3.05, 3.63) is 59.8 Å². The zero-order valence-electron chi connectivity index (χ0n) is 11.9. The SMILES string of the molecule is COc1cccc2cc(C(=O)Nc3ccccc3C#N)[nH]c12. The second kappa shape index (κ2) is 5.62. The fourth-order valence-electron chi connectivity index (χ4n) is 2.30. The Balaban J connectivity index is 1.94. The van der Waals surface area contributed by atoms with E-state index < -0.39 is 0 Å². The normalized spacial score (nSPS) is 10.2. The highest BCUT2D eigenvalue weighted by Gasteiger charge is 2.13. The first kappa shape index (κ1) is 13.7. The van der Waals surface area contributed by atoms with Gasteiger partial charge in [-0.15, -0.1) is 0 Å². The predicted octanol–water partition coefficient (Wildman–Crippen LogP) is 3.30. The number of fused-ring (bicyclic) bond motifs is 1. The fraction of sp³-hybridized carbons (Fsp3) is 0.0588. The van der Waals surface area contributed by atoms with E-state index in [9.17, 15) is 4.79 Å². The van der Waals surface area contributed by atoms with E-state index in [-0.39, 0.29) is 5.91 Å². The molecule has 0 unspecified atom stereocenters. The van der Waals surface area contributed by atoms with Gasteiger partial charge in [0.1, 0.15) is 17.5 Å². The molecule has 22 heavy (non-hydrogen) atoms. The first-order valence-electron chi connectivity index (χ1n) is 6.69. The summed E-state index contributed by atoms with van der Waals surface area (Å²) < 4.78 is 5.27. The summed E-state index contributed by atoms with van der Waals surface area (Å²) in [6, 6.07) is 16.3. The number of hydrogen-bond donors (Lipinski definition) is 2. The Labute approximate surface area is 127 Å². The summed E-state index contributed by atoms with van der Waals surface area (Å²) in [5.41, 5.74) is 2.08. The van der Waals surface area contributed by atoms with Crippen molar-refractivity contribution >= 4 is 22.5 Å². The summed E-state index contributed by atoms with van der Waals surface area (Å²) in [4.78, 5) is 15.4. The van der Waals surface area contributed by atoms with E-state index in [1.54, 1.807) is 37.4 Å². The van der Waals surface area contributed by atoms with Crippen LogP contribution in [-0.4, -0.2) is 18.0 Å². The standard InChI is InChI=1S/C17H13N3O2/c1-22-15-8-4-6-11-9-14(19-16(11)15)17(21)20-13-7-3-2-5-12(13)10-18/h2-9,19H,1H3,(H,20,21). The molecule has 3 rings (SSSR count). The minimum Gasteiger partial charge on any atom is -0.495 e. The van der Waals surface area contributed by atoms with Crippen LogP contribution >= 0.6 is 0 Å². The summed E-state index contributed by atoms with van der Waals surface area (Å²) in [7, 11) is 1.58. The number of para-hydroxylation sites is 2. The largest absolute Gasteiger partial charge is 0.495 e. The number of nitriles is 1. The van der Waals surface area contributed by atoms with Gasteiger partial charge in [0.15, 0.2) is 0 Å². The van der Waals surface area contributed by atoms with Crippen LogP contribution in [0.1, 0.15) is 16.1 Å². The van der Waals surface area contributed by atoms with E-state index in [0.29, 0.717) is 22.7 Å². The van der Waals surface area contributed by atoms with E-state index in [1.807, 2.05) is 18.2 Å². The summed E-state index contributed by atoms with van der Waals surface area (Å²) >= 11 is 0. The maximum Gasteiger partial charge on any atom is 0.272 e. The molecule has 0 saturated carbocycles. The third-order valence-electron chi connectivity index (χ3n) is 3.38. The molecule has 0 atom stereocenters. The molecule has 2 aromatic carbocycles. The van der Waals surface area contributed by atoms with Gasteiger partial charge in [-0.05, 0) is 24.3 Å². The van der Waals surface area contributed by atoms with Crippen LogP contribution in [0.5, 0.6) is 5.75 Å². The molecule has 0 spiro atoms. The van der Waals surface area contributed by atoms with Crippen molar-refractivity contribution in [2.24, 2.45) is 0 Å². The zero-order valence-corrected chi connectivity index (χ0v) is 11.9. The summed E-state index contributed by atoms with van der Waals surface area (Å²) in [6.45, 7) is 0. The number of hydrogen-bond acceptors (Lipinski definition) is 3. The number of benzene rings is 2. The lowest BCUT2D eigenvalue weighted by molar-refractivity contribution is 0.102. The Bertz CT molecular complexity index is 890. The zero-order chi connectivity index (χ0) is 15.5. The van der Waals surface area contributed by atoms with Crippen LogP contribution in [0, 0.1) is 11.3 Å². The van der Waals surface area contributed by atoms with E-state index in [2.05, 4.69) is 16.4 Å². The van der Waals surface area contributed by atoms with Gasteiger partial charge in [0.25, 0.3) is 5.91 Å². The number of amides is 1. The van der Waals surface area contributed by atoms with Gasteiger partial charge in [0, 0.05) is 5.39 Å². The predicted molar refractivity (Wildman–Crippen MR) is 84.0 cm³/mol. The fourth-order valence-corrected chi connectivity index (χ4v) is 2.30. The summed E-state index contributed by atoms with van der Waals surface area (Å²) in [5.74, 6) is 0.370. The molecule has 3 aromatic rings. The second-order valence-electron chi connectivity index (χ2n) is 4.72. The third-order valence-corrected chi connectivity index (χ3v) is 3.38. The molecule has 5 heteroatoms. The Hall–Kier alpha value is -3.26. The molecule has 0 saturated heterocycles.